The molecule has 0 bridgehead atoms. The molecule has 4 rings (SSSR count). The van der Waals surface area contributed by atoms with Crippen LogP contribution in [0.15, 0.2) is 63.9 Å². The summed E-state index contributed by atoms with van der Waals surface area (Å²) >= 11 is 0. The lowest BCUT2D eigenvalue weighted by atomic mass is 10.1. The number of ether oxygens (including phenoxy) is 1. The number of carbonyl (C=O) groups excluding carboxylic acids is 1. The first-order chi connectivity index (χ1) is 14.0. The van der Waals surface area contributed by atoms with Crippen molar-refractivity contribution in [1.29, 1.82) is 0 Å². The minimum Gasteiger partial charge on any atom is -0.484 e. The lowest BCUT2D eigenvalue weighted by Crippen LogP contribution is -2.37. The zero-order valence-corrected chi connectivity index (χ0v) is 16.3. The number of aromatic amines is 1. The molecule has 2 N–H and O–H groups in total. The second-order valence-corrected chi connectivity index (χ2v) is 7.23. The molecule has 0 aliphatic rings. The first kappa shape index (κ1) is 18.8. The number of amides is 1. The molecule has 2 aromatic carbocycles. The highest BCUT2D eigenvalue weighted by atomic mass is 16.5. The smallest absolute Gasteiger partial charge is 0.336 e. The van der Waals surface area contributed by atoms with Crippen LogP contribution in [0.3, 0.4) is 0 Å². The Balaban J connectivity index is 1.36. The molecule has 6 heteroatoms. The number of hydrogen-bond donors (Lipinski definition) is 2. The summed E-state index contributed by atoms with van der Waals surface area (Å²) in [5.41, 5.74) is 3.13. The Morgan fingerprint density at radius 2 is 2.00 bits per heavy atom. The molecule has 29 heavy (non-hydrogen) atoms. The Labute approximate surface area is 167 Å². The summed E-state index contributed by atoms with van der Waals surface area (Å²) < 4.78 is 10.8. The van der Waals surface area contributed by atoms with Crippen LogP contribution >= 0.6 is 0 Å². The monoisotopic (exact) mass is 390 g/mol. The molecule has 0 radical (unpaired) electrons. The van der Waals surface area contributed by atoms with Crippen LogP contribution in [-0.4, -0.2) is 23.5 Å². The molecule has 148 valence electrons. The number of para-hydroxylation sites is 1. The second-order valence-electron chi connectivity index (χ2n) is 7.23. The summed E-state index contributed by atoms with van der Waals surface area (Å²) in [5.74, 6) is 0.272. The van der Waals surface area contributed by atoms with E-state index in [2.05, 4.69) is 16.4 Å². The largest absolute Gasteiger partial charge is 0.484 e. The third-order valence-electron chi connectivity index (χ3n) is 4.90. The van der Waals surface area contributed by atoms with Crippen molar-refractivity contribution in [2.45, 2.75) is 26.3 Å². The van der Waals surface area contributed by atoms with Crippen LogP contribution in [0.1, 0.15) is 18.1 Å². The third kappa shape index (κ3) is 4.16. The summed E-state index contributed by atoms with van der Waals surface area (Å²) in [6, 6.07) is 14.7. The Bertz CT molecular complexity index is 1240. The fourth-order valence-electron chi connectivity index (χ4n) is 3.54. The Morgan fingerprint density at radius 3 is 2.86 bits per heavy atom. The van der Waals surface area contributed by atoms with E-state index in [-0.39, 0.29) is 18.6 Å². The topological polar surface area (TPSA) is 84.3 Å². The van der Waals surface area contributed by atoms with Gasteiger partial charge >= 0.3 is 5.63 Å². The van der Waals surface area contributed by atoms with Gasteiger partial charge in [0.05, 0.1) is 0 Å². The molecule has 4 aromatic rings. The Morgan fingerprint density at radius 1 is 1.17 bits per heavy atom. The van der Waals surface area contributed by atoms with Gasteiger partial charge in [0.1, 0.15) is 11.3 Å². The average Bonchev–Trinajstić information content (AvgIpc) is 3.09. The summed E-state index contributed by atoms with van der Waals surface area (Å²) in [6.45, 7) is 3.70. The number of H-pyrrole nitrogens is 1. The number of fused-ring (bicyclic) bond motifs is 2. The van der Waals surface area contributed by atoms with Crippen molar-refractivity contribution in [2.24, 2.45) is 0 Å². The Kier molecular flexibility index (Phi) is 5.08. The molecule has 1 amide bonds. The van der Waals surface area contributed by atoms with Crippen LogP contribution < -0.4 is 15.7 Å². The van der Waals surface area contributed by atoms with Crippen molar-refractivity contribution in [2.75, 3.05) is 6.61 Å². The fourth-order valence-corrected chi connectivity index (χ4v) is 3.54. The zero-order valence-electron chi connectivity index (χ0n) is 16.3. The summed E-state index contributed by atoms with van der Waals surface area (Å²) in [7, 11) is 0. The molecule has 0 unspecified atom stereocenters. The molecule has 0 aliphatic carbocycles. The van der Waals surface area contributed by atoms with Gasteiger partial charge < -0.3 is 19.5 Å². The maximum Gasteiger partial charge on any atom is 0.336 e. The van der Waals surface area contributed by atoms with Crippen molar-refractivity contribution in [3.8, 4) is 5.75 Å². The van der Waals surface area contributed by atoms with E-state index in [9.17, 15) is 9.59 Å². The third-order valence-corrected chi connectivity index (χ3v) is 4.90. The minimum atomic E-state index is -0.406. The first-order valence-electron chi connectivity index (χ1n) is 9.51. The highest BCUT2D eigenvalue weighted by Gasteiger charge is 2.12. The van der Waals surface area contributed by atoms with Crippen LogP contribution in [0.5, 0.6) is 5.75 Å². The van der Waals surface area contributed by atoms with E-state index in [1.165, 1.54) is 6.07 Å². The van der Waals surface area contributed by atoms with Gasteiger partial charge in [0, 0.05) is 40.7 Å². The number of rotatable bonds is 6. The maximum absolute atomic E-state index is 12.3. The van der Waals surface area contributed by atoms with E-state index in [0.717, 1.165) is 33.8 Å². The summed E-state index contributed by atoms with van der Waals surface area (Å²) in [4.78, 5) is 27.1. The lowest BCUT2D eigenvalue weighted by Gasteiger charge is -2.14. The molecule has 0 saturated carbocycles. The van der Waals surface area contributed by atoms with E-state index < -0.39 is 5.63 Å². The fraction of sp³-hybridized carbons (Fsp3) is 0.217. The van der Waals surface area contributed by atoms with Gasteiger partial charge in [-0.2, -0.15) is 0 Å². The molecule has 0 fully saturated rings. The number of aryl methyl sites for hydroxylation is 1. The number of nitrogens with one attached hydrogen (secondary N) is 2. The quantitative estimate of drug-likeness (QED) is 0.492. The maximum atomic E-state index is 12.3. The predicted molar refractivity (Wildman–Crippen MR) is 112 cm³/mol. The molecular weight excluding hydrogens is 368 g/mol. The summed E-state index contributed by atoms with van der Waals surface area (Å²) in [6.07, 6.45) is 2.70. The van der Waals surface area contributed by atoms with Gasteiger partial charge in [0.25, 0.3) is 5.91 Å². The van der Waals surface area contributed by atoms with Crippen molar-refractivity contribution >= 4 is 27.8 Å². The summed E-state index contributed by atoms with van der Waals surface area (Å²) in [5, 5.41) is 4.96. The van der Waals surface area contributed by atoms with Gasteiger partial charge in [-0.15, -0.1) is 0 Å². The van der Waals surface area contributed by atoms with E-state index in [1.807, 2.05) is 44.3 Å². The van der Waals surface area contributed by atoms with Crippen LogP contribution in [0.4, 0.5) is 0 Å². The SMILES string of the molecule is Cc1cc(=O)oc2cc(OCC(=O)N[C@H](C)Cc3c[nH]c4ccccc34)ccc12. The average molecular weight is 390 g/mol. The van der Waals surface area contributed by atoms with Gasteiger partial charge in [-0.25, -0.2) is 4.79 Å². The van der Waals surface area contributed by atoms with Crippen LogP contribution in [0.2, 0.25) is 0 Å². The second kappa shape index (κ2) is 7.83. The molecule has 0 saturated heterocycles. The first-order valence-corrected chi connectivity index (χ1v) is 9.51. The van der Waals surface area contributed by atoms with E-state index >= 15 is 0 Å². The van der Waals surface area contributed by atoms with Crippen molar-refractivity contribution in [3.63, 3.8) is 0 Å². The number of aromatic nitrogens is 1. The molecule has 0 spiro atoms. The van der Waals surface area contributed by atoms with Gasteiger partial charge in [-0.1, -0.05) is 18.2 Å². The molecule has 2 heterocycles. The van der Waals surface area contributed by atoms with Crippen molar-refractivity contribution in [3.05, 3.63) is 76.3 Å². The number of hydrogen-bond acceptors (Lipinski definition) is 4. The highest BCUT2D eigenvalue weighted by molar-refractivity contribution is 5.84. The normalized spacial score (nSPS) is 12.2. The number of carbonyl (C=O) groups is 1. The molecule has 0 aliphatic heterocycles. The predicted octanol–water partition coefficient (Wildman–Crippen LogP) is 3.71. The molecule has 1 atom stereocenters. The van der Waals surface area contributed by atoms with E-state index in [0.29, 0.717) is 11.3 Å². The van der Waals surface area contributed by atoms with Gasteiger partial charge in [-0.3, -0.25) is 4.79 Å². The van der Waals surface area contributed by atoms with Crippen molar-refractivity contribution < 1.29 is 13.9 Å². The van der Waals surface area contributed by atoms with Gasteiger partial charge in [-0.05, 0) is 49.6 Å². The van der Waals surface area contributed by atoms with Gasteiger partial charge in [0.2, 0.25) is 0 Å². The standard InChI is InChI=1S/C23H22N2O4/c1-14-9-23(27)29-21-11-17(7-8-18(14)21)28-13-22(26)25-15(2)10-16-12-24-20-6-4-3-5-19(16)20/h3-9,11-12,15,24H,10,13H2,1-2H3,(H,25,26)/t15-/m1/s1. The van der Waals surface area contributed by atoms with E-state index in [1.54, 1.807) is 12.1 Å². The van der Waals surface area contributed by atoms with Gasteiger partial charge in [0.15, 0.2) is 6.61 Å². The Hall–Kier alpha value is -3.54. The highest BCUT2D eigenvalue weighted by Crippen LogP contribution is 2.22. The van der Waals surface area contributed by atoms with Crippen LogP contribution in [0, 0.1) is 6.92 Å². The molecule has 6 nitrogen and oxygen atoms in total. The zero-order chi connectivity index (χ0) is 20.4. The molecular formula is C23H22N2O4. The van der Waals surface area contributed by atoms with Crippen molar-refractivity contribution in [1.82, 2.24) is 10.3 Å². The minimum absolute atomic E-state index is 0.0393. The lowest BCUT2D eigenvalue weighted by molar-refractivity contribution is -0.123. The van der Waals surface area contributed by atoms with Crippen LogP contribution in [-0.2, 0) is 11.2 Å². The molecule has 2 aromatic heterocycles. The number of benzene rings is 2. The van der Waals surface area contributed by atoms with Crippen LogP contribution in [0.25, 0.3) is 21.9 Å². The van der Waals surface area contributed by atoms with E-state index in [4.69, 9.17) is 9.15 Å².